The zero-order chi connectivity index (χ0) is 13.7. The summed E-state index contributed by atoms with van der Waals surface area (Å²) in [6, 6.07) is -0.701. The maximum atomic E-state index is 11.5. The largest absolute Gasteiger partial charge is 0.444 e. The number of nitrogens with zero attached hydrogens (tertiary/aromatic N) is 3. The number of aliphatic hydroxyl groups is 1. The van der Waals surface area contributed by atoms with Crippen molar-refractivity contribution in [3.05, 3.63) is 10.4 Å². The summed E-state index contributed by atoms with van der Waals surface area (Å²) in [5.41, 5.74) is 6.41. The first-order valence-electron chi connectivity index (χ1n) is 5.29. The van der Waals surface area contributed by atoms with Gasteiger partial charge >= 0.3 is 6.09 Å². The van der Waals surface area contributed by atoms with Gasteiger partial charge in [0.05, 0.1) is 11.6 Å². The standard InChI is InChI=1S/C10H20N4O3/c1-9(2,3)17-8(15)13-7(6-12-14-11)10(4,5)16/h7,16H,6H2,1-5H3,(H,13,15)/t7-/m0/s1. The van der Waals surface area contributed by atoms with Crippen LogP contribution in [0.3, 0.4) is 0 Å². The van der Waals surface area contributed by atoms with Gasteiger partial charge in [0.1, 0.15) is 5.60 Å². The van der Waals surface area contributed by atoms with E-state index in [-0.39, 0.29) is 6.54 Å². The number of azide groups is 1. The van der Waals surface area contributed by atoms with Gasteiger partial charge < -0.3 is 15.2 Å². The summed E-state index contributed by atoms with van der Waals surface area (Å²) in [5, 5.41) is 15.6. The highest BCUT2D eigenvalue weighted by molar-refractivity contribution is 5.68. The number of alkyl carbamates (subject to hydrolysis) is 1. The molecule has 0 aromatic heterocycles. The van der Waals surface area contributed by atoms with E-state index in [0.29, 0.717) is 0 Å². The monoisotopic (exact) mass is 244 g/mol. The van der Waals surface area contributed by atoms with Crippen molar-refractivity contribution < 1.29 is 14.6 Å². The first kappa shape index (κ1) is 15.5. The Bertz CT molecular complexity index is 310. The topological polar surface area (TPSA) is 107 Å². The van der Waals surface area contributed by atoms with E-state index in [0.717, 1.165) is 0 Å². The van der Waals surface area contributed by atoms with Gasteiger partial charge in [-0.2, -0.15) is 0 Å². The van der Waals surface area contributed by atoms with Gasteiger partial charge in [0.25, 0.3) is 0 Å². The van der Waals surface area contributed by atoms with E-state index in [1.807, 2.05) is 0 Å². The predicted octanol–water partition coefficient (Wildman–Crippen LogP) is 1.96. The molecule has 0 spiro atoms. The lowest BCUT2D eigenvalue weighted by molar-refractivity contribution is 0.0191. The molecular formula is C10H20N4O3. The van der Waals surface area contributed by atoms with Crippen LogP contribution in [-0.4, -0.2) is 35.0 Å². The van der Waals surface area contributed by atoms with Crippen molar-refractivity contribution in [2.24, 2.45) is 5.11 Å². The van der Waals surface area contributed by atoms with Crippen molar-refractivity contribution in [2.45, 2.75) is 51.9 Å². The Labute approximate surface area is 101 Å². The van der Waals surface area contributed by atoms with Crippen molar-refractivity contribution in [3.63, 3.8) is 0 Å². The molecule has 0 saturated carbocycles. The molecule has 7 heteroatoms. The van der Waals surface area contributed by atoms with Crippen LogP contribution >= 0.6 is 0 Å². The average Bonchev–Trinajstić information content (AvgIpc) is 2.07. The number of nitrogens with one attached hydrogen (secondary N) is 1. The minimum Gasteiger partial charge on any atom is -0.444 e. The van der Waals surface area contributed by atoms with Crippen LogP contribution in [0.5, 0.6) is 0 Å². The summed E-state index contributed by atoms with van der Waals surface area (Å²) in [4.78, 5) is 14.1. The molecule has 0 aliphatic heterocycles. The average molecular weight is 244 g/mol. The third kappa shape index (κ3) is 7.43. The highest BCUT2D eigenvalue weighted by Crippen LogP contribution is 2.11. The normalized spacial score (nSPS) is 13.5. The molecule has 1 atom stereocenters. The molecule has 0 aromatic rings. The van der Waals surface area contributed by atoms with E-state index in [2.05, 4.69) is 15.3 Å². The SMILES string of the molecule is CC(C)(C)OC(=O)N[C@@H](CN=[N+]=[N-])C(C)(C)O. The van der Waals surface area contributed by atoms with Crippen molar-refractivity contribution in [1.29, 1.82) is 0 Å². The van der Waals surface area contributed by atoms with Gasteiger partial charge in [0, 0.05) is 11.5 Å². The molecule has 7 nitrogen and oxygen atoms in total. The summed E-state index contributed by atoms with van der Waals surface area (Å²) in [7, 11) is 0. The van der Waals surface area contributed by atoms with E-state index in [1.54, 1.807) is 20.8 Å². The number of hydrogen-bond acceptors (Lipinski definition) is 4. The summed E-state index contributed by atoms with van der Waals surface area (Å²) < 4.78 is 5.05. The molecule has 2 N–H and O–H groups in total. The minimum absolute atomic E-state index is 0.0424. The zero-order valence-electron chi connectivity index (χ0n) is 10.9. The lowest BCUT2D eigenvalue weighted by Crippen LogP contribution is -2.52. The van der Waals surface area contributed by atoms with E-state index >= 15 is 0 Å². The Balaban J connectivity index is 4.54. The first-order valence-corrected chi connectivity index (χ1v) is 5.29. The Morgan fingerprint density at radius 2 is 2.00 bits per heavy atom. The minimum atomic E-state index is -1.20. The van der Waals surface area contributed by atoms with Crippen LogP contribution in [0.1, 0.15) is 34.6 Å². The molecular weight excluding hydrogens is 224 g/mol. The van der Waals surface area contributed by atoms with Crippen LogP contribution in [0.2, 0.25) is 0 Å². The van der Waals surface area contributed by atoms with Crippen LogP contribution < -0.4 is 5.32 Å². The molecule has 0 heterocycles. The molecule has 1 amide bonds. The van der Waals surface area contributed by atoms with Gasteiger partial charge in [0.2, 0.25) is 0 Å². The second-order valence-electron chi connectivity index (χ2n) is 5.27. The fourth-order valence-corrected chi connectivity index (χ4v) is 1.01. The highest BCUT2D eigenvalue weighted by atomic mass is 16.6. The number of carbonyl (C=O) groups is 1. The highest BCUT2D eigenvalue weighted by Gasteiger charge is 2.29. The number of ether oxygens (including phenoxy) is 1. The van der Waals surface area contributed by atoms with Gasteiger partial charge in [-0.3, -0.25) is 0 Å². The molecule has 0 aliphatic rings. The molecule has 0 rings (SSSR count). The Morgan fingerprint density at radius 3 is 2.35 bits per heavy atom. The Kier molecular flexibility index (Phi) is 5.25. The third-order valence-corrected chi connectivity index (χ3v) is 1.87. The van der Waals surface area contributed by atoms with Crippen LogP contribution in [-0.2, 0) is 4.74 Å². The van der Waals surface area contributed by atoms with E-state index in [9.17, 15) is 9.90 Å². The Morgan fingerprint density at radius 1 is 1.47 bits per heavy atom. The van der Waals surface area contributed by atoms with Gasteiger partial charge in [-0.05, 0) is 40.1 Å². The molecule has 0 saturated heterocycles. The van der Waals surface area contributed by atoms with Crippen molar-refractivity contribution >= 4 is 6.09 Å². The lowest BCUT2D eigenvalue weighted by Gasteiger charge is -2.30. The predicted molar refractivity (Wildman–Crippen MR) is 63.5 cm³/mol. The zero-order valence-corrected chi connectivity index (χ0v) is 10.9. The van der Waals surface area contributed by atoms with Crippen LogP contribution in [0.4, 0.5) is 4.79 Å². The first-order chi connectivity index (χ1) is 7.56. The fourth-order valence-electron chi connectivity index (χ4n) is 1.01. The summed E-state index contributed by atoms with van der Waals surface area (Å²) in [6.45, 7) is 8.19. The van der Waals surface area contributed by atoms with Crippen LogP contribution in [0.15, 0.2) is 5.11 Å². The second kappa shape index (κ2) is 5.75. The van der Waals surface area contributed by atoms with Gasteiger partial charge in [-0.1, -0.05) is 5.11 Å². The van der Waals surface area contributed by atoms with E-state index in [4.69, 9.17) is 10.3 Å². The molecule has 0 fully saturated rings. The third-order valence-electron chi connectivity index (χ3n) is 1.87. The fraction of sp³-hybridized carbons (Fsp3) is 0.900. The molecule has 0 aromatic carbocycles. The molecule has 0 unspecified atom stereocenters. The number of rotatable bonds is 4. The molecule has 17 heavy (non-hydrogen) atoms. The van der Waals surface area contributed by atoms with Gasteiger partial charge in [-0.25, -0.2) is 4.79 Å². The molecule has 0 radical (unpaired) electrons. The second-order valence-corrected chi connectivity index (χ2v) is 5.27. The smallest absolute Gasteiger partial charge is 0.407 e. The van der Waals surface area contributed by atoms with Crippen molar-refractivity contribution in [1.82, 2.24) is 5.32 Å². The van der Waals surface area contributed by atoms with E-state index in [1.165, 1.54) is 13.8 Å². The number of carbonyl (C=O) groups excluding carboxylic acids is 1. The molecule has 0 bridgehead atoms. The van der Waals surface area contributed by atoms with E-state index < -0.39 is 23.3 Å². The summed E-state index contributed by atoms with van der Waals surface area (Å²) in [5.74, 6) is 0. The number of amides is 1. The maximum absolute atomic E-state index is 11.5. The van der Waals surface area contributed by atoms with Gasteiger partial charge in [-0.15, -0.1) is 0 Å². The summed E-state index contributed by atoms with van der Waals surface area (Å²) >= 11 is 0. The van der Waals surface area contributed by atoms with Crippen LogP contribution in [0.25, 0.3) is 10.4 Å². The summed E-state index contributed by atoms with van der Waals surface area (Å²) in [6.07, 6.45) is -0.655. The quantitative estimate of drug-likeness (QED) is 0.448. The van der Waals surface area contributed by atoms with Crippen molar-refractivity contribution in [3.8, 4) is 0 Å². The van der Waals surface area contributed by atoms with Crippen molar-refractivity contribution in [2.75, 3.05) is 6.54 Å². The molecule has 98 valence electrons. The van der Waals surface area contributed by atoms with Gasteiger partial charge in [0.15, 0.2) is 0 Å². The lowest BCUT2D eigenvalue weighted by atomic mass is 9.99. The Hall–Kier alpha value is -1.46. The number of hydrogen-bond donors (Lipinski definition) is 2. The van der Waals surface area contributed by atoms with Crippen LogP contribution in [0, 0.1) is 0 Å². The maximum Gasteiger partial charge on any atom is 0.407 e. The molecule has 0 aliphatic carbocycles.